The van der Waals surface area contributed by atoms with E-state index in [2.05, 4.69) is 26.2 Å². The maximum Gasteiger partial charge on any atom is 0.200 e. The molecule has 1 aromatic carbocycles. The molecular weight excluding hydrogens is 300 g/mol. The molecule has 2 aromatic rings. The number of hydrogen-bond acceptors (Lipinski definition) is 5. The van der Waals surface area contributed by atoms with Crippen LogP contribution in [0.5, 0.6) is 17.2 Å². The molecule has 0 amide bonds. The van der Waals surface area contributed by atoms with Gasteiger partial charge in [-0.2, -0.15) is 0 Å². The van der Waals surface area contributed by atoms with Crippen LogP contribution >= 0.6 is 15.9 Å². The van der Waals surface area contributed by atoms with Crippen molar-refractivity contribution < 1.29 is 15.3 Å². The molecule has 18 heavy (non-hydrogen) atoms. The lowest BCUT2D eigenvalue weighted by Gasteiger charge is -2.09. The van der Waals surface area contributed by atoms with Crippen molar-refractivity contribution in [2.24, 2.45) is 0 Å². The normalized spacial score (nSPS) is 10.3. The molecule has 0 aliphatic rings. The second-order valence-corrected chi connectivity index (χ2v) is 4.48. The van der Waals surface area contributed by atoms with Gasteiger partial charge in [0.05, 0.1) is 11.9 Å². The fourth-order valence-corrected chi connectivity index (χ4v) is 1.67. The van der Waals surface area contributed by atoms with Gasteiger partial charge in [0.25, 0.3) is 0 Å². The Kier molecular flexibility index (Phi) is 3.57. The van der Waals surface area contributed by atoms with Gasteiger partial charge in [0, 0.05) is 12.1 Å². The Bertz CT molecular complexity index is 558. The molecule has 5 nitrogen and oxygen atoms in total. The molecule has 1 aromatic heterocycles. The number of aromatic hydroxyl groups is 3. The fourth-order valence-electron chi connectivity index (χ4n) is 1.43. The van der Waals surface area contributed by atoms with Gasteiger partial charge in [-0.05, 0) is 40.2 Å². The molecule has 1 heterocycles. The molecule has 94 valence electrons. The van der Waals surface area contributed by atoms with Gasteiger partial charge < -0.3 is 20.6 Å². The Morgan fingerprint density at radius 1 is 1.06 bits per heavy atom. The quantitative estimate of drug-likeness (QED) is 0.517. The zero-order valence-corrected chi connectivity index (χ0v) is 10.8. The Hall–Kier alpha value is -1.95. The summed E-state index contributed by atoms with van der Waals surface area (Å²) in [5.74, 6) is -1.18. The van der Waals surface area contributed by atoms with Crippen molar-refractivity contribution in [2.75, 3.05) is 5.32 Å². The number of phenolic OH excluding ortho intramolecular Hbond substituents is 3. The number of rotatable bonds is 3. The van der Waals surface area contributed by atoms with Crippen LogP contribution in [0.25, 0.3) is 0 Å². The highest BCUT2D eigenvalue weighted by atomic mass is 79.9. The summed E-state index contributed by atoms with van der Waals surface area (Å²) in [6.45, 7) is 0.309. The molecule has 0 saturated carbocycles. The molecule has 0 aliphatic carbocycles. The number of nitrogens with one attached hydrogen (secondary N) is 1. The van der Waals surface area contributed by atoms with E-state index in [1.807, 2.05) is 6.07 Å². The summed E-state index contributed by atoms with van der Waals surface area (Å²) in [6.07, 6.45) is 1.64. The van der Waals surface area contributed by atoms with Crippen LogP contribution in [0.2, 0.25) is 0 Å². The summed E-state index contributed by atoms with van der Waals surface area (Å²) in [7, 11) is 0. The highest BCUT2D eigenvalue weighted by molar-refractivity contribution is 9.10. The van der Waals surface area contributed by atoms with Gasteiger partial charge in [-0.25, -0.2) is 4.98 Å². The first-order chi connectivity index (χ1) is 8.58. The van der Waals surface area contributed by atoms with Gasteiger partial charge in [-0.15, -0.1) is 0 Å². The van der Waals surface area contributed by atoms with Crippen LogP contribution in [-0.2, 0) is 6.54 Å². The van der Waals surface area contributed by atoms with E-state index >= 15 is 0 Å². The first-order valence-electron chi connectivity index (χ1n) is 5.16. The molecule has 0 saturated heterocycles. The highest BCUT2D eigenvalue weighted by Gasteiger charge is 2.10. The Morgan fingerprint density at radius 2 is 1.83 bits per heavy atom. The van der Waals surface area contributed by atoms with Crippen molar-refractivity contribution in [3.8, 4) is 17.2 Å². The number of hydrogen-bond donors (Lipinski definition) is 4. The molecule has 0 radical (unpaired) electrons. The standard InChI is InChI=1S/C12H11BrN2O3/c13-10-4-2-8(6-15-10)14-5-7-1-3-9(16)12(18)11(7)17/h1-4,6,14,16-18H,5H2. The van der Waals surface area contributed by atoms with Crippen LogP contribution in [0.1, 0.15) is 5.56 Å². The molecule has 0 aliphatic heterocycles. The van der Waals surface area contributed by atoms with Crippen molar-refractivity contribution in [3.63, 3.8) is 0 Å². The maximum absolute atomic E-state index is 9.63. The fraction of sp³-hybridized carbons (Fsp3) is 0.0833. The molecule has 4 N–H and O–H groups in total. The van der Waals surface area contributed by atoms with Crippen molar-refractivity contribution >= 4 is 21.6 Å². The topological polar surface area (TPSA) is 85.6 Å². The van der Waals surface area contributed by atoms with Gasteiger partial charge >= 0.3 is 0 Å². The van der Waals surface area contributed by atoms with Crippen molar-refractivity contribution in [1.82, 2.24) is 4.98 Å². The Balaban J connectivity index is 2.11. The number of halogens is 1. The minimum absolute atomic E-state index is 0.309. The van der Waals surface area contributed by atoms with E-state index in [9.17, 15) is 15.3 Å². The second-order valence-electron chi connectivity index (χ2n) is 3.66. The lowest BCUT2D eigenvalue weighted by atomic mass is 10.1. The van der Waals surface area contributed by atoms with E-state index in [-0.39, 0.29) is 11.5 Å². The third-order valence-corrected chi connectivity index (χ3v) is 2.89. The lowest BCUT2D eigenvalue weighted by molar-refractivity contribution is 0.365. The van der Waals surface area contributed by atoms with Gasteiger partial charge in [0.2, 0.25) is 5.75 Å². The third kappa shape index (κ3) is 2.65. The van der Waals surface area contributed by atoms with E-state index < -0.39 is 5.75 Å². The van der Waals surface area contributed by atoms with Crippen LogP contribution < -0.4 is 5.32 Å². The zero-order chi connectivity index (χ0) is 13.1. The van der Waals surface area contributed by atoms with Gasteiger partial charge in [-0.1, -0.05) is 0 Å². The van der Waals surface area contributed by atoms with Crippen LogP contribution in [0, 0.1) is 0 Å². The molecule has 0 fully saturated rings. The first kappa shape index (κ1) is 12.5. The second kappa shape index (κ2) is 5.14. The predicted octanol–water partition coefficient (Wildman–Crippen LogP) is 2.57. The molecule has 0 bridgehead atoms. The third-order valence-electron chi connectivity index (χ3n) is 2.42. The average Bonchev–Trinajstić information content (AvgIpc) is 2.37. The maximum atomic E-state index is 9.63. The number of anilines is 1. The summed E-state index contributed by atoms with van der Waals surface area (Å²) in [5, 5.41) is 31.2. The Labute approximate surface area is 112 Å². The number of pyridine rings is 1. The van der Waals surface area contributed by atoms with E-state index in [0.717, 1.165) is 10.3 Å². The summed E-state index contributed by atoms with van der Waals surface area (Å²) < 4.78 is 0.734. The van der Waals surface area contributed by atoms with E-state index in [1.165, 1.54) is 12.1 Å². The number of phenols is 3. The van der Waals surface area contributed by atoms with Gasteiger partial charge in [0.1, 0.15) is 4.60 Å². The van der Waals surface area contributed by atoms with E-state index in [4.69, 9.17) is 0 Å². The van der Waals surface area contributed by atoms with Crippen molar-refractivity contribution in [3.05, 3.63) is 40.6 Å². The number of aromatic nitrogens is 1. The molecule has 0 atom stereocenters. The highest BCUT2D eigenvalue weighted by Crippen LogP contribution is 2.37. The lowest BCUT2D eigenvalue weighted by Crippen LogP contribution is -2.00. The number of nitrogens with zero attached hydrogens (tertiary/aromatic N) is 1. The van der Waals surface area contributed by atoms with E-state index in [0.29, 0.717) is 12.1 Å². The number of benzene rings is 1. The molecule has 6 heteroatoms. The van der Waals surface area contributed by atoms with E-state index in [1.54, 1.807) is 12.3 Å². The van der Waals surface area contributed by atoms with Crippen molar-refractivity contribution in [2.45, 2.75) is 6.54 Å². The predicted molar refractivity (Wildman–Crippen MR) is 70.7 cm³/mol. The zero-order valence-electron chi connectivity index (χ0n) is 9.26. The van der Waals surface area contributed by atoms with Crippen LogP contribution in [-0.4, -0.2) is 20.3 Å². The molecular formula is C12H11BrN2O3. The van der Waals surface area contributed by atoms with Crippen LogP contribution in [0.3, 0.4) is 0 Å². The Morgan fingerprint density at radius 3 is 2.50 bits per heavy atom. The summed E-state index contributed by atoms with van der Waals surface area (Å²) in [4.78, 5) is 4.05. The summed E-state index contributed by atoms with van der Waals surface area (Å²) >= 11 is 3.23. The minimum atomic E-state index is -0.511. The first-order valence-corrected chi connectivity index (χ1v) is 5.95. The molecule has 0 spiro atoms. The smallest absolute Gasteiger partial charge is 0.200 e. The molecule has 0 unspecified atom stereocenters. The van der Waals surface area contributed by atoms with Gasteiger partial charge in [-0.3, -0.25) is 0 Å². The van der Waals surface area contributed by atoms with Crippen LogP contribution in [0.4, 0.5) is 5.69 Å². The molecule has 2 rings (SSSR count). The monoisotopic (exact) mass is 310 g/mol. The summed E-state index contributed by atoms with van der Waals surface area (Å²) in [6, 6.07) is 6.47. The minimum Gasteiger partial charge on any atom is -0.504 e. The largest absolute Gasteiger partial charge is 0.504 e. The summed E-state index contributed by atoms with van der Waals surface area (Å²) in [5.41, 5.74) is 1.26. The van der Waals surface area contributed by atoms with Gasteiger partial charge in [0.15, 0.2) is 11.5 Å². The van der Waals surface area contributed by atoms with Crippen molar-refractivity contribution in [1.29, 1.82) is 0 Å². The SMILES string of the molecule is Oc1ccc(CNc2ccc(Br)nc2)c(O)c1O. The average molecular weight is 311 g/mol. The van der Waals surface area contributed by atoms with Crippen LogP contribution in [0.15, 0.2) is 35.1 Å².